The number of nitrogens with zero attached hydrogens (tertiary/aromatic N) is 1. The molecule has 0 aliphatic rings. The van der Waals surface area contributed by atoms with Gasteiger partial charge < -0.3 is 5.11 Å². The van der Waals surface area contributed by atoms with Crippen LogP contribution in [0.1, 0.15) is 0 Å². The molecule has 3 N–H and O–H groups in total. The van der Waals surface area contributed by atoms with Gasteiger partial charge in [-0.3, -0.25) is 15.4 Å². The monoisotopic (exact) mass is 184 g/mol. The lowest BCUT2D eigenvalue weighted by Gasteiger charge is -1.94. The van der Waals surface area contributed by atoms with E-state index >= 15 is 0 Å². The maximum Gasteiger partial charge on any atom is 0.308 e. The zero-order valence-corrected chi connectivity index (χ0v) is 6.86. The fourth-order valence-electron chi connectivity index (χ4n) is 0.831. The molecule has 1 rings (SSSR count). The number of aliphatic hydroxyl groups excluding tert-OH is 1. The average Bonchev–Trinajstić information content (AvgIpc) is 2.15. The van der Waals surface area contributed by atoms with E-state index in [2.05, 4.69) is 10.3 Å². The predicted octanol–water partition coefficient (Wildman–Crippen LogP) is -0.187. The molecular formula is C7H10N3O3+. The summed E-state index contributed by atoms with van der Waals surface area (Å²) in [7, 11) is 0. The number of pyridine rings is 1. The Morgan fingerprint density at radius 3 is 2.85 bits per heavy atom. The van der Waals surface area contributed by atoms with Crippen LogP contribution in [0.2, 0.25) is 0 Å². The molecule has 6 heteroatoms. The fourth-order valence-corrected chi connectivity index (χ4v) is 0.831. The van der Waals surface area contributed by atoms with E-state index in [1.165, 1.54) is 12.3 Å². The highest BCUT2D eigenvalue weighted by Gasteiger charge is 2.07. The lowest BCUT2D eigenvalue weighted by atomic mass is 10.4. The van der Waals surface area contributed by atoms with Crippen molar-refractivity contribution in [2.24, 2.45) is 0 Å². The molecule has 13 heavy (non-hydrogen) atoms. The molecule has 0 fully saturated rings. The van der Waals surface area contributed by atoms with Crippen molar-refractivity contribution < 1.29 is 15.0 Å². The summed E-state index contributed by atoms with van der Waals surface area (Å²) in [5.41, 5.74) is 0.00884. The van der Waals surface area contributed by atoms with E-state index in [1.807, 2.05) is 0 Å². The van der Waals surface area contributed by atoms with Crippen LogP contribution in [0.5, 0.6) is 0 Å². The van der Waals surface area contributed by atoms with Crippen molar-refractivity contribution in [2.45, 2.75) is 0 Å². The van der Waals surface area contributed by atoms with E-state index in [-0.39, 0.29) is 12.3 Å². The van der Waals surface area contributed by atoms with E-state index in [9.17, 15) is 10.1 Å². The Hall–Kier alpha value is -1.69. The number of H-pyrrole nitrogens is 1. The summed E-state index contributed by atoms with van der Waals surface area (Å²) < 4.78 is 0. The summed E-state index contributed by atoms with van der Waals surface area (Å²) in [6.45, 7) is 0.430. The van der Waals surface area contributed by atoms with Crippen molar-refractivity contribution >= 4 is 11.5 Å². The predicted molar refractivity (Wildman–Crippen MR) is 45.2 cm³/mol. The molecule has 1 aromatic rings. The van der Waals surface area contributed by atoms with Crippen molar-refractivity contribution in [2.75, 3.05) is 18.5 Å². The third-order valence-electron chi connectivity index (χ3n) is 1.43. The number of anilines is 1. The van der Waals surface area contributed by atoms with Crippen molar-refractivity contribution in [3.8, 4) is 0 Å². The van der Waals surface area contributed by atoms with E-state index < -0.39 is 4.92 Å². The lowest BCUT2D eigenvalue weighted by Crippen LogP contribution is -2.15. The van der Waals surface area contributed by atoms with Gasteiger partial charge in [0.15, 0.2) is 6.20 Å². The van der Waals surface area contributed by atoms with Crippen molar-refractivity contribution in [3.05, 3.63) is 28.4 Å². The summed E-state index contributed by atoms with van der Waals surface area (Å²) in [6.07, 6.45) is 1.29. The minimum atomic E-state index is -0.480. The summed E-state index contributed by atoms with van der Waals surface area (Å²) >= 11 is 0. The van der Waals surface area contributed by atoms with Crippen molar-refractivity contribution in [1.82, 2.24) is 0 Å². The third-order valence-corrected chi connectivity index (χ3v) is 1.43. The zero-order valence-electron chi connectivity index (χ0n) is 6.86. The fraction of sp³-hybridized carbons (Fsp3) is 0.286. The number of aromatic amines is 1. The molecule has 0 aromatic carbocycles. The zero-order chi connectivity index (χ0) is 9.68. The van der Waals surface area contributed by atoms with E-state index in [0.717, 1.165) is 0 Å². The minimum absolute atomic E-state index is 0.00884. The number of aliphatic hydroxyl groups is 1. The molecule has 0 aliphatic heterocycles. The van der Waals surface area contributed by atoms with Gasteiger partial charge >= 0.3 is 5.69 Å². The molecule has 0 atom stereocenters. The number of rotatable bonds is 4. The molecular weight excluding hydrogens is 174 g/mol. The molecule has 0 saturated carbocycles. The Morgan fingerprint density at radius 2 is 2.38 bits per heavy atom. The highest BCUT2D eigenvalue weighted by atomic mass is 16.6. The van der Waals surface area contributed by atoms with Crippen LogP contribution < -0.4 is 10.3 Å². The Balaban J connectivity index is 2.64. The number of nitro groups is 1. The topological polar surface area (TPSA) is 89.5 Å². The lowest BCUT2D eigenvalue weighted by molar-refractivity contribution is -0.413. The number of hydrogen-bond acceptors (Lipinski definition) is 4. The highest BCUT2D eigenvalue weighted by molar-refractivity contribution is 5.33. The van der Waals surface area contributed by atoms with Gasteiger partial charge in [0.2, 0.25) is 0 Å². The molecule has 0 aliphatic carbocycles. The molecule has 0 spiro atoms. The second-order valence-electron chi connectivity index (χ2n) is 2.37. The average molecular weight is 184 g/mol. The van der Waals surface area contributed by atoms with Crippen LogP contribution in [-0.4, -0.2) is 23.2 Å². The molecule has 0 unspecified atom stereocenters. The van der Waals surface area contributed by atoms with Gasteiger partial charge in [0.25, 0.3) is 5.82 Å². The summed E-state index contributed by atoms with van der Waals surface area (Å²) in [6, 6.07) is 2.93. The van der Waals surface area contributed by atoms with Gasteiger partial charge in [-0.05, 0) is 0 Å². The van der Waals surface area contributed by atoms with Gasteiger partial charge in [0.1, 0.15) is 6.54 Å². The maximum atomic E-state index is 10.3. The number of nitrogens with one attached hydrogen (secondary N) is 2. The number of hydrogen-bond donors (Lipinski definition) is 2. The van der Waals surface area contributed by atoms with Gasteiger partial charge in [-0.1, -0.05) is 0 Å². The van der Waals surface area contributed by atoms with Crippen LogP contribution in [-0.2, 0) is 0 Å². The molecule has 1 aromatic heterocycles. The SMILES string of the molecule is O=[N+]([O-])c1ccc(NCCO)[nH+]c1. The van der Waals surface area contributed by atoms with Crippen LogP contribution in [0.25, 0.3) is 0 Å². The van der Waals surface area contributed by atoms with Gasteiger partial charge in [-0.15, -0.1) is 0 Å². The molecule has 0 saturated heterocycles. The maximum absolute atomic E-state index is 10.3. The van der Waals surface area contributed by atoms with E-state index in [4.69, 9.17) is 5.11 Å². The Kier molecular flexibility index (Phi) is 3.15. The minimum Gasteiger partial charge on any atom is -0.392 e. The first kappa shape index (κ1) is 9.40. The molecule has 1 heterocycles. The van der Waals surface area contributed by atoms with Crippen molar-refractivity contribution in [1.29, 1.82) is 0 Å². The Morgan fingerprint density at radius 1 is 1.62 bits per heavy atom. The van der Waals surface area contributed by atoms with Crippen LogP contribution in [0.4, 0.5) is 11.5 Å². The smallest absolute Gasteiger partial charge is 0.308 e. The van der Waals surface area contributed by atoms with Gasteiger partial charge in [0.05, 0.1) is 11.5 Å². The summed E-state index contributed by atoms with van der Waals surface area (Å²) in [4.78, 5) is 12.5. The van der Waals surface area contributed by atoms with E-state index in [0.29, 0.717) is 12.4 Å². The third kappa shape index (κ3) is 2.68. The summed E-state index contributed by atoms with van der Waals surface area (Å²) in [5.74, 6) is 0.639. The largest absolute Gasteiger partial charge is 0.392 e. The molecule has 6 nitrogen and oxygen atoms in total. The first-order valence-corrected chi connectivity index (χ1v) is 3.75. The number of aromatic nitrogens is 1. The van der Waals surface area contributed by atoms with Crippen LogP contribution >= 0.6 is 0 Å². The first-order valence-electron chi connectivity index (χ1n) is 3.75. The second kappa shape index (κ2) is 4.36. The highest BCUT2D eigenvalue weighted by Crippen LogP contribution is 2.07. The Bertz CT molecular complexity index is 286. The van der Waals surface area contributed by atoms with Crippen LogP contribution in [0.3, 0.4) is 0 Å². The standard InChI is InChI=1S/C7H9N3O3/c11-4-3-8-7-2-1-6(5-9-7)10(12)13/h1-2,5,11H,3-4H2,(H,8,9)/p+1. The van der Waals surface area contributed by atoms with E-state index in [1.54, 1.807) is 6.07 Å². The first-order chi connectivity index (χ1) is 6.24. The summed E-state index contributed by atoms with van der Waals surface area (Å²) in [5, 5.41) is 21.6. The molecule has 70 valence electrons. The van der Waals surface area contributed by atoms with Crippen LogP contribution in [0, 0.1) is 10.1 Å². The quantitative estimate of drug-likeness (QED) is 0.501. The molecule has 0 amide bonds. The second-order valence-corrected chi connectivity index (χ2v) is 2.37. The van der Waals surface area contributed by atoms with Crippen molar-refractivity contribution in [3.63, 3.8) is 0 Å². The van der Waals surface area contributed by atoms with Crippen LogP contribution in [0.15, 0.2) is 18.3 Å². The van der Waals surface area contributed by atoms with Gasteiger partial charge in [-0.25, -0.2) is 4.98 Å². The Labute approximate surface area is 74.4 Å². The molecule has 0 bridgehead atoms. The normalized spacial score (nSPS) is 9.62. The van der Waals surface area contributed by atoms with Gasteiger partial charge in [-0.2, -0.15) is 0 Å². The molecule has 0 radical (unpaired) electrons. The van der Waals surface area contributed by atoms with Gasteiger partial charge in [0, 0.05) is 12.1 Å².